The summed E-state index contributed by atoms with van der Waals surface area (Å²) in [5.74, 6) is 0.278. The monoisotopic (exact) mass is 280 g/mol. The highest BCUT2D eigenvalue weighted by molar-refractivity contribution is 7.09. The average molecular weight is 280 g/mol. The lowest BCUT2D eigenvalue weighted by Crippen LogP contribution is -2.29. The summed E-state index contributed by atoms with van der Waals surface area (Å²) in [7, 11) is 0. The number of thiazole rings is 1. The first-order valence-electron chi connectivity index (χ1n) is 6.88. The molecule has 1 aliphatic carbocycles. The number of nitrogens with one attached hydrogen (secondary N) is 1. The first kappa shape index (κ1) is 14.5. The van der Waals surface area contributed by atoms with Crippen LogP contribution in [0.4, 0.5) is 0 Å². The Morgan fingerprint density at radius 3 is 2.68 bits per heavy atom. The van der Waals surface area contributed by atoms with Gasteiger partial charge in [-0.15, -0.1) is 11.3 Å². The maximum atomic E-state index is 7.35. The van der Waals surface area contributed by atoms with Crippen molar-refractivity contribution >= 4 is 17.2 Å². The van der Waals surface area contributed by atoms with Crippen molar-refractivity contribution in [2.75, 3.05) is 6.54 Å². The summed E-state index contributed by atoms with van der Waals surface area (Å²) in [5.41, 5.74) is 6.76. The van der Waals surface area contributed by atoms with Crippen molar-refractivity contribution in [3.05, 3.63) is 16.1 Å². The third-order valence-electron chi connectivity index (χ3n) is 3.39. The van der Waals surface area contributed by atoms with Crippen molar-refractivity contribution in [1.82, 2.24) is 9.88 Å². The topological polar surface area (TPSA) is 66.0 Å². The molecule has 1 aromatic heterocycles. The Kier molecular flexibility index (Phi) is 4.26. The number of rotatable bonds is 6. The predicted octanol–water partition coefficient (Wildman–Crippen LogP) is 2.73. The molecule has 2 rings (SSSR count). The molecule has 0 amide bonds. The number of hydrogen-bond acceptors (Lipinski definition) is 4. The zero-order valence-electron chi connectivity index (χ0n) is 12.1. The molecule has 0 unspecified atom stereocenters. The second kappa shape index (κ2) is 5.59. The van der Waals surface area contributed by atoms with Crippen LogP contribution in [0.25, 0.3) is 0 Å². The fourth-order valence-electron chi connectivity index (χ4n) is 2.00. The third-order valence-corrected chi connectivity index (χ3v) is 4.22. The maximum Gasteiger partial charge on any atom is 0.107 e. The standard InChI is InChI=1S/C14H24N4S/c1-14(2,3)11-9-19-13(17-11)8-18(10-4-5-10)7-6-12(15)16/h9-10H,4-8H2,1-3H3,(H3,15,16). The minimum atomic E-state index is 0.124. The van der Waals surface area contributed by atoms with Gasteiger partial charge in [-0.3, -0.25) is 10.3 Å². The Hall–Kier alpha value is -0.940. The van der Waals surface area contributed by atoms with Gasteiger partial charge in [0.25, 0.3) is 0 Å². The minimum Gasteiger partial charge on any atom is -0.388 e. The van der Waals surface area contributed by atoms with Crippen LogP contribution in [0.2, 0.25) is 0 Å². The van der Waals surface area contributed by atoms with E-state index in [9.17, 15) is 0 Å². The van der Waals surface area contributed by atoms with Gasteiger partial charge in [0, 0.05) is 29.8 Å². The van der Waals surface area contributed by atoms with Crippen molar-refractivity contribution in [2.24, 2.45) is 5.73 Å². The molecule has 1 saturated carbocycles. The second-order valence-electron chi connectivity index (χ2n) is 6.35. The van der Waals surface area contributed by atoms with E-state index in [4.69, 9.17) is 16.1 Å². The number of nitrogens with two attached hydrogens (primary N) is 1. The van der Waals surface area contributed by atoms with Crippen molar-refractivity contribution < 1.29 is 0 Å². The van der Waals surface area contributed by atoms with Crippen molar-refractivity contribution in [3.63, 3.8) is 0 Å². The highest BCUT2D eigenvalue weighted by Crippen LogP contribution is 2.30. The van der Waals surface area contributed by atoms with E-state index in [2.05, 4.69) is 31.1 Å². The quantitative estimate of drug-likeness (QED) is 0.622. The molecule has 0 aliphatic heterocycles. The molecule has 1 aromatic rings. The first-order chi connectivity index (χ1) is 8.86. The van der Waals surface area contributed by atoms with Crippen LogP contribution in [-0.4, -0.2) is 28.3 Å². The zero-order chi connectivity index (χ0) is 14.0. The molecule has 1 fully saturated rings. The fourth-order valence-corrected chi connectivity index (χ4v) is 3.04. The lowest BCUT2D eigenvalue weighted by atomic mass is 9.93. The summed E-state index contributed by atoms with van der Waals surface area (Å²) < 4.78 is 0. The maximum absolute atomic E-state index is 7.35. The Morgan fingerprint density at radius 1 is 1.53 bits per heavy atom. The van der Waals surface area contributed by atoms with Gasteiger partial charge in [-0.25, -0.2) is 4.98 Å². The molecule has 19 heavy (non-hydrogen) atoms. The van der Waals surface area contributed by atoms with Crippen molar-refractivity contribution in [3.8, 4) is 0 Å². The van der Waals surface area contributed by atoms with Gasteiger partial charge in [-0.05, 0) is 12.8 Å². The van der Waals surface area contributed by atoms with Gasteiger partial charge < -0.3 is 5.73 Å². The number of hydrogen-bond donors (Lipinski definition) is 2. The van der Waals surface area contributed by atoms with E-state index in [1.54, 1.807) is 11.3 Å². The van der Waals surface area contributed by atoms with Gasteiger partial charge in [-0.1, -0.05) is 20.8 Å². The largest absolute Gasteiger partial charge is 0.388 e. The van der Waals surface area contributed by atoms with E-state index in [1.165, 1.54) is 23.5 Å². The van der Waals surface area contributed by atoms with Gasteiger partial charge in [0.1, 0.15) is 5.01 Å². The Bertz CT molecular complexity index is 443. The van der Waals surface area contributed by atoms with Crippen LogP contribution in [0.1, 0.15) is 50.7 Å². The lowest BCUT2D eigenvalue weighted by Gasteiger charge is -2.20. The summed E-state index contributed by atoms with van der Waals surface area (Å²) in [4.78, 5) is 7.17. The summed E-state index contributed by atoms with van der Waals surface area (Å²) in [5, 5.41) is 10.7. The van der Waals surface area contributed by atoms with Crippen LogP contribution in [0.5, 0.6) is 0 Å². The Labute approximate surface area is 119 Å². The van der Waals surface area contributed by atoms with Crippen LogP contribution in [0.15, 0.2) is 5.38 Å². The van der Waals surface area contributed by atoms with Gasteiger partial charge in [-0.2, -0.15) is 0 Å². The Morgan fingerprint density at radius 2 is 2.21 bits per heavy atom. The lowest BCUT2D eigenvalue weighted by molar-refractivity contribution is 0.261. The van der Waals surface area contributed by atoms with Crippen LogP contribution in [0, 0.1) is 5.41 Å². The minimum absolute atomic E-state index is 0.124. The third kappa shape index (κ3) is 4.28. The van der Waals surface area contributed by atoms with Crippen LogP contribution >= 0.6 is 11.3 Å². The molecule has 0 radical (unpaired) electrons. The van der Waals surface area contributed by atoms with Crippen molar-refractivity contribution in [1.29, 1.82) is 5.41 Å². The van der Waals surface area contributed by atoms with Gasteiger partial charge >= 0.3 is 0 Å². The van der Waals surface area contributed by atoms with E-state index >= 15 is 0 Å². The highest BCUT2D eigenvalue weighted by Gasteiger charge is 2.29. The van der Waals surface area contributed by atoms with Crippen LogP contribution in [0.3, 0.4) is 0 Å². The number of aromatic nitrogens is 1. The van der Waals surface area contributed by atoms with Gasteiger partial charge in [0.2, 0.25) is 0 Å². The zero-order valence-corrected chi connectivity index (χ0v) is 12.9. The highest BCUT2D eigenvalue weighted by atomic mass is 32.1. The second-order valence-corrected chi connectivity index (χ2v) is 7.30. The van der Waals surface area contributed by atoms with E-state index in [0.717, 1.165) is 13.1 Å². The number of amidine groups is 1. The van der Waals surface area contributed by atoms with Gasteiger partial charge in [0.05, 0.1) is 18.1 Å². The first-order valence-corrected chi connectivity index (χ1v) is 7.76. The van der Waals surface area contributed by atoms with E-state index in [1.807, 2.05) is 0 Å². The normalized spacial score (nSPS) is 16.0. The number of nitrogens with zero attached hydrogens (tertiary/aromatic N) is 2. The summed E-state index contributed by atoms with van der Waals surface area (Å²) in [6.07, 6.45) is 3.21. The summed E-state index contributed by atoms with van der Waals surface area (Å²) in [6.45, 7) is 8.36. The van der Waals surface area contributed by atoms with E-state index in [-0.39, 0.29) is 11.3 Å². The molecular formula is C14H24N4S. The molecule has 0 spiro atoms. The molecule has 0 atom stereocenters. The predicted molar refractivity (Wildman–Crippen MR) is 80.8 cm³/mol. The molecule has 0 aromatic carbocycles. The Balaban J connectivity index is 1.97. The average Bonchev–Trinajstić information content (AvgIpc) is 3.02. The molecule has 5 heteroatoms. The summed E-state index contributed by atoms with van der Waals surface area (Å²) in [6, 6.07) is 0.682. The molecule has 4 nitrogen and oxygen atoms in total. The van der Waals surface area contributed by atoms with E-state index in [0.29, 0.717) is 12.5 Å². The van der Waals surface area contributed by atoms with Crippen LogP contribution in [-0.2, 0) is 12.0 Å². The molecule has 0 saturated heterocycles. The molecule has 1 heterocycles. The SMILES string of the molecule is CC(C)(C)c1csc(CN(CCC(=N)N)C2CC2)n1. The molecule has 106 valence electrons. The fraction of sp³-hybridized carbons (Fsp3) is 0.714. The molecule has 3 N–H and O–H groups in total. The molecule has 1 aliphatic rings. The van der Waals surface area contributed by atoms with Crippen LogP contribution < -0.4 is 5.73 Å². The van der Waals surface area contributed by atoms with E-state index < -0.39 is 0 Å². The molecular weight excluding hydrogens is 256 g/mol. The smallest absolute Gasteiger partial charge is 0.107 e. The van der Waals surface area contributed by atoms with Gasteiger partial charge in [0.15, 0.2) is 0 Å². The summed E-state index contributed by atoms with van der Waals surface area (Å²) >= 11 is 1.75. The molecule has 0 bridgehead atoms. The van der Waals surface area contributed by atoms with Crippen molar-refractivity contribution in [2.45, 2.75) is 58.0 Å².